The van der Waals surface area contributed by atoms with Crippen molar-refractivity contribution in [3.05, 3.63) is 36.3 Å². The lowest BCUT2D eigenvalue weighted by Crippen LogP contribution is -2.10. The highest BCUT2D eigenvalue weighted by atomic mass is 32.1. The van der Waals surface area contributed by atoms with E-state index in [1.165, 1.54) is 28.9 Å². The quantitative estimate of drug-likeness (QED) is 0.618. The Kier molecular flexibility index (Phi) is 3.05. The van der Waals surface area contributed by atoms with Crippen LogP contribution in [0.15, 0.2) is 34.9 Å². The highest BCUT2D eigenvalue weighted by Gasteiger charge is 2.15. The van der Waals surface area contributed by atoms with Crippen molar-refractivity contribution in [1.29, 1.82) is 0 Å². The Hall–Kier alpha value is -2.45. The molecule has 3 heterocycles. The van der Waals surface area contributed by atoms with Crippen LogP contribution in [0.25, 0.3) is 20.4 Å². The number of methoxy groups -OCH3 is 1. The molecule has 0 atom stereocenters. The van der Waals surface area contributed by atoms with Crippen molar-refractivity contribution in [1.82, 2.24) is 9.97 Å². The van der Waals surface area contributed by atoms with Crippen LogP contribution < -0.4 is 10.1 Å². The van der Waals surface area contributed by atoms with Gasteiger partial charge >= 0.3 is 0 Å². The number of aromatic nitrogens is 2. The summed E-state index contributed by atoms with van der Waals surface area (Å²) in [5.41, 5.74) is 1.68. The van der Waals surface area contributed by atoms with E-state index >= 15 is 0 Å². The monoisotopic (exact) mass is 331 g/mol. The molecule has 6 nitrogen and oxygen atoms in total. The molecule has 0 saturated carbocycles. The fourth-order valence-electron chi connectivity index (χ4n) is 2.06. The number of nitrogens with zero attached hydrogens (tertiary/aromatic N) is 2. The third-order valence-corrected chi connectivity index (χ3v) is 5.22. The van der Waals surface area contributed by atoms with Gasteiger partial charge in [0.05, 0.1) is 33.8 Å². The Morgan fingerprint density at radius 2 is 1.95 bits per heavy atom. The van der Waals surface area contributed by atoms with E-state index in [0.29, 0.717) is 10.3 Å². The number of furan rings is 1. The van der Waals surface area contributed by atoms with E-state index in [2.05, 4.69) is 15.3 Å². The number of benzene rings is 1. The summed E-state index contributed by atoms with van der Waals surface area (Å²) in [7, 11) is 1.59. The molecular weight excluding hydrogens is 322 g/mol. The Morgan fingerprint density at radius 3 is 2.68 bits per heavy atom. The largest absolute Gasteiger partial charge is 0.473 e. The van der Waals surface area contributed by atoms with Gasteiger partial charge in [0.15, 0.2) is 10.9 Å². The molecule has 4 aromatic rings. The van der Waals surface area contributed by atoms with Gasteiger partial charge in [0.2, 0.25) is 0 Å². The van der Waals surface area contributed by atoms with Gasteiger partial charge in [0.25, 0.3) is 11.1 Å². The SMILES string of the molecule is COc1nc2ccc3nc(NC(=O)c4ccco4)sc3c2s1. The first kappa shape index (κ1) is 13.2. The molecule has 0 spiro atoms. The summed E-state index contributed by atoms with van der Waals surface area (Å²) in [5.74, 6) is -0.0638. The van der Waals surface area contributed by atoms with Gasteiger partial charge in [-0.25, -0.2) is 9.97 Å². The smallest absolute Gasteiger partial charge is 0.293 e. The molecule has 0 aliphatic heterocycles. The molecule has 0 radical (unpaired) electrons. The molecule has 22 heavy (non-hydrogen) atoms. The van der Waals surface area contributed by atoms with E-state index in [0.717, 1.165) is 20.4 Å². The van der Waals surface area contributed by atoms with Crippen molar-refractivity contribution >= 4 is 54.1 Å². The maximum atomic E-state index is 12.0. The van der Waals surface area contributed by atoms with Crippen molar-refractivity contribution in [2.45, 2.75) is 0 Å². The van der Waals surface area contributed by atoms with Gasteiger partial charge in [0, 0.05) is 0 Å². The van der Waals surface area contributed by atoms with Crippen molar-refractivity contribution in [2.24, 2.45) is 0 Å². The minimum Gasteiger partial charge on any atom is -0.473 e. The lowest BCUT2D eigenvalue weighted by molar-refractivity contribution is 0.0996. The third kappa shape index (κ3) is 2.13. The number of carbonyl (C=O) groups excluding carboxylic acids is 1. The standard InChI is InChI=1S/C14H9N3O3S2/c1-19-14-16-8-5-4-7-10(11(8)22-14)21-13(15-7)17-12(18)9-3-2-6-20-9/h2-6H,1H3,(H,15,17,18). The Labute approximate surface area is 132 Å². The fourth-order valence-corrected chi connectivity index (χ4v) is 4.02. The van der Waals surface area contributed by atoms with Crippen LogP contribution in [-0.2, 0) is 0 Å². The highest BCUT2D eigenvalue weighted by molar-refractivity contribution is 7.29. The molecule has 4 rings (SSSR count). The fraction of sp³-hybridized carbons (Fsp3) is 0.0714. The molecular formula is C14H9N3O3S2. The van der Waals surface area contributed by atoms with Crippen LogP contribution in [0.4, 0.5) is 5.13 Å². The predicted octanol–water partition coefficient (Wildman–Crippen LogP) is 3.76. The second kappa shape index (κ2) is 5.08. The molecule has 1 aromatic carbocycles. The first-order valence-corrected chi connectivity index (χ1v) is 7.97. The maximum Gasteiger partial charge on any atom is 0.293 e. The number of carbonyl (C=O) groups is 1. The second-order valence-corrected chi connectivity index (χ2v) is 6.36. The number of thiazole rings is 2. The minimum absolute atomic E-state index is 0.254. The third-order valence-electron chi connectivity index (χ3n) is 3.03. The number of rotatable bonds is 3. The van der Waals surface area contributed by atoms with Gasteiger partial charge in [-0.15, -0.1) is 0 Å². The van der Waals surface area contributed by atoms with Crippen LogP contribution in [0.3, 0.4) is 0 Å². The van der Waals surface area contributed by atoms with Crippen molar-refractivity contribution in [3.63, 3.8) is 0 Å². The molecule has 110 valence electrons. The Morgan fingerprint density at radius 1 is 1.18 bits per heavy atom. The summed E-state index contributed by atoms with van der Waals surface area (Å²) in [6, 6.07) is 7.06. The lowest BCUT2D eigenvalue weighted by atomic mass is 10.3. The summed E-state index contributed by atoms with van der Waals surface area (Å²) in [6.07, 6.45) is 1.46. The average molecular weight is 331 g/mol. The average Bonchev–Trinajstić information content (AvgIpc) is 3.24. The summed E-state index contributed by atoms with van der Waals surface area (Å²) in [5, 5.41) is 3.88. The number of ether oxygens (including phenoxy) is 1. The Bertz CT molecular complexity index is 972. The summed E-state index contributed by atoms with van der Waals surface area (Å²) in [4.78, 5) is 20.8. The van der Waals surface area contributed by atoms with E-state index in [1.54, 1.807) is 19.2 Å². The number of amides is 1. The van der Waals surface area contributed by atoms with Gasteiger partial charge in [-0.2, -0.15) is 0 Å². The number of fused-ring (bicyclic) bond motifs is 3. The van der Waals surface area contributed by atoms with Gasteiger partial charge < -0.3 is 9.15 Å². The van der Waals surface area contributed by atoms with Gasteiger partial charge in [-0.3, -0.25) is 10.1 Å². The topological polar surface area (TPSA) is 77.3 Å². The summed E-state index contributed by atoms with van der Waals surface area (Å²) in [6.45, 7) is 0. The van der Waals surface area contributed by atoms with E-state index in [1.807, 2.05) is 12.1 Å². The number of hydrogen-bond acceptors (Lipinski definition) is 7. The minimum atomic E-state index is -0.317. The van der Waals surface area contributed by atoms with Crippen LogP contribution in [-0.4, -0.2) is 23.0 Å². The van der Waals surface area contributed by atoms with E-state index in [-0.39, 0.29) is 11.7 Å². The van der Waals surface area contributed by atoms with Crippen molar-refractivity contribution in [2.75, 3.05) is 12.4 Å². The molecule has 1 amide bonds. The molecule has 0 aliphatic rings. The maximum absolute atomic E-state index is 12.0. The van der Waals surface area contributed by atoms with Crippen molar-refractivity contribution < 1.29 is 13.9 Å². The number of hydrogen-bond donors (Lipinski definition) is 1. The first-order valence-electron chi connectivity index (χ1n) is 6.33. The molecule has 1 N–H and O–H groups in total. The zero-order valence-electron chi connectivity index (χ0n) is 11.3. The number of nitrogens with one attached hydrogen (secondary N) is 1. The zero-order valence-corrected chi connectivity index (χ0v) is 13.0. The van der Waals surface area contributed by atoms with Gasteiger partial charge in [-0.1, -0.05) is 22.7 Å². The van der Waals surface area contributed by atoms with E-state index in [9.17, 15) is 4.79 Å². The van der Waals surface area contributed by atoms with E-state index in [4.69, 9.17) is 9.15 Å². The molecule has 3 aromatic heterocycles. The Balaban J connectivity index is 1.75. The van der Waals surface area contributed by atoms with Crippen LogP contribution >= 0.6 is 22.7 Å². The lowest BCUT2D eigenvalue weighted by Gasteiger charge is -1.96. The van der Waals surface area contributed by atoms with Crippen LogP contribution in [0.1, 0.15) is 10.6 Å². The predicted molar refractivity (Wildman–Crippen MR) is 86.0 cm³/mol. The van der Waals surface area contributed by atoms with E-state index < -0.39 is 0 Å². The molecule has 0 unspecified atom stereocenters. The molecule has 8 heteroatoms. The molecule has 0 fully saturated rings. The molecule has 0 aliphatic carbocycles. The van der Waals surface area contributed by atoms with Gasteiger partial charge in [-0.05, 0) is 24.3 Å². The summed E-state index contributed by atoms with van der Waals surface area (Å²) >= 11 is 2.87. The number of anilines is 1. The normalized spacial score (nSPS) is 11.1. The van der Waals surface area contributed by atoms with Crippen molar-refractivity contribution in [3.8, 4) is 5.19 Å². The van der Waals surface area contributed by atoms with Crippen LogP contribution in [0.2, 0.25) is 0 Å². The summed E-state index contributed by atoms with van der Waals surface area (Å²) < 4.78 is 12.2. The van der Waals surface area contributed by atoms with Gasteiger partial charge in [0.1, 0.15) is 0 Å². The van der Waals surface area contributed by atoms with Crippen LogP contribution in [0, 0.1) is 0 Å². The highest BCUT2D eigenvalue weighted by Crippen LogP contribution is 2.38. The molecule has 0 saturated heterocycles. The van der Waals surface area contributed by atoms with Crippen LogP contribution in [0.5, 0.6) is 5.19 Å². The zero-order chi connectivity index (χ0) is 15.1. The first-order chi connectivity index (χ1) is 10.7. The molecule has 0 bridgehead atoms. The second-order valence-electron chi connectivity index (χ2n) is 4.40.